The lowest BCUT2D eigenvalue weighted by Gasteiger charge is -1.94. The first kappa shape index (κ1) is 10.4. The van der Waals surface area contributed by atoms with E-state index in [9.17, 15) is 9.59 Å². The fourth-order valence-electron chi connectivity index (χ4n) is 1.65. The van der Waals surface area contributed by atoms with E-state index in [0.717, 1.165) is 0 Å². The van der Waals surface area contributed by atoms with Gasteiger partial charge in [0.2, 0.25) is 0 Å². The van der Waals surface area contributed by atoms with Crippen molar-refractivity contribution in [1.82, 2.24) is 29.5 Å². The molecule has 0 saturated heterocycles. The molecule has 0 spiro atoms. The van der Waals surface area contributed by atoms with Gasteiger partial charge in [-0.25, -0.2) is 14.8 Å². The lowest BCUT2D eigenvalue weighted by atomic mass is 10.4. The number of H-pyrrole nitrogens is 2. The average Bonchev–Trinajstić information content (AvgIpc) is 2.83. The van der Waals surface area contributed by atoms with Crippen LogP contribution in [-0.2, 0) is 7.05 Å². The molecule has 3 aromatic heterocycles. The zero-order chi connectivity index (χ0) is 12.7. The molecule has 0 bridgehead atoms. The molecule has 0 amide bonds. The average molecular weight is 244 g/mol. The maximum atomic E-state index is 11.6. The van der Waals surface area contributed by atoms with Gasteiger partial charge in [0.1, 0.15) is 11.2 Å². The van der Waals surface area contributed by atoms with Crippen molar-refractivity contribution in [2.24, 2.45) is 7.05 Å². The summed E-state index contributed by atoms with van der Waals surface area (Å²) < 4.78 is 1.26. The van der Waals surface area contributed by atoms with Crippen molar-refractivity contribution in [3.05, 3.63) is 39.4 Å². The first-order valence-electron chi connectivity index (χ1n) is 5.12. The minimum absolute atomic E-state index is 0.234. The summed E-state index contributed by atoms with van der Waals surface area (Å²) in [5.74, 6) is 0.393. The number of hydrogen-bond acceptors (Lipinski definition) is 5. The highest BCUT2D eigenvalue weighted by Gasteiger charge is 2.12. The Kier molecular flexibility index (Phi) is 2.09. The number of nitrogens with one attached hydrogen (secondary N) is 2. The van der Waals surface area contributed by atoms with Crippen LogP contribution in [0.5, 0.6) is 0 Å². The Balaban J connectivity index is 2.37. The second kappa shape index (κ2) is 3.62. The minimum Gasteiger partial charge on any atom is -0.331 e. The molecule has 3 aromatic rings. The third-order valence-electron chi connectivity index (χ3n) is 2.56. The van der Waals surface area contributed by atoms with Gasteiger partial charge in [-0.15, -0.1) is 0 Å². The summed E-state index contributed by atoms with van der Waals surface area (Å²) in [6.07, 6.45) is 4.57. The van der Waals surface area contributed by atoms with Crippen LogP contribution in [-0.4, -0.2) is 29.5 Å². The van der Waals surface area contributed by atoms with Gasteiger partial charge in [-0.3, -0.25) is 19.3 Å². The van der Waals surface area contributed by atoms with E-state index in [2.05, 4.69) is 24.9 Å². The van der Waals surface area contributed by atoms with Crippen LogP contribution < -0.4 is 11.2 Å². The summed E-state index contributed by atoms with van der Waals surface area (Å²) in [6, 6.07) is 0. The molecule has 0 radical (unpaired) electrons. The van der Waals surface area contributed by atoms with Crippen LogP contribution >= 0.6 is 0 Å². The molecule has 0 atom stereocenters. The van der Waals surface area contributed by atoms with E-state index in [-0.39, 0.29) is 11.2 Å². The van der Waals surface area contributed by atoms with Crippen molar-refractivity contribution in [3.8, 4) is 11.5 Å². The third kappa shape index (κ3) is 1.43. The SMILES string of the molecule is Cn1c(=O)[nH]c(=O)c2[nH]c(-c3cnccn3)nc21. The second-order valence-electron chi connectivity index (χ2n) is 3.69. The fourth-order valence-corrected chi connectivity index (χ4v) is 1.65. The van der Waals surface area contributed by atoms with E-state index in [4.69, 9.17) is 0 Å². The highest BCUT2D eigenvalue weighted by molar-refractivity contribution is 5.74. The quantitative estimate of drug-likeness (QED) is 0.594. The third-order valence-corrected chi connectivity index (χ3v) is 2.56. The maximum absolute atomic E-state index is 11.6. The summed E-state index contributed by atoms with van der Waals surface area (Å²) in [7, 11) is 1.53. The van der Waals surface area contributed by atoms with Crippen molar-refractivity contribution in [1.29, 1.82) is 0 Å². The Bertz CT molecular complexity index is 829. The molecule has 0 aromatic carbocycles. The normalized spacial score (nSPS) is 10.9. The van der Waals surface area contributed by atoms with Crippen LogP contribution in [0.25, 0.3) is 22.7 Å². The summed E-state index contributed by atoms with van der Waals surface area (Å²) in [5.41, 5.74) is 0.00291. The summed E-state index contributed by atoms with van der Waals surface area (Å²) in [6.45, 7) is 0. The van der Waals surface area contributed by atoms with E-state index < -0.39 is 11.2 Å². The molecule has 3 rings (SSSR count). The molecule has 0 fully saturated rings. The maximum Gasteiger partial charge on any atom is 0.329 e. The summed E-state index contributed by atoms with van der Waals surface area (Å²) >= 11 is 0. The molecule has 0 aliphatic rings. The Labute approximate surface area is 99.4 Å². The van der Waals surface area contributed by atoms with Gasteiger partial charge in [0.25, 0.3) is 5.56 Å². The standard InChI is InChI=1S/C10H8N6O2/c1-16-8-6(9(17)15-10(16)18)13-7(14-8)5-4-11-2-3-12-5/h2-4H,1H3,(H,13,14)(H,15,17,18). The van der Waals surface area contributed by atoms with Crippen molar-refractivity contribution in [3.63, 3.8) is 0 Å². The molecule has 18 heavy (non-hydrogen) atoms. The topological polar surface area (TPSA) is 109 Å². The van der Waals surface area contributed by atoms with Gasteiger partial charge in [0.15, 0.2) is 11.5 Å². The van der Waals surface area contributed by atoms with E-state index in [0.29, 0.717) is 11.5 Å². The molecule has 8 nitrogen and oxygen atoms in total. The van der Waals surface area contributed by atoms with Gasteiger partial charge in [-0.1, -0.05) is 0 Å². The Morgan fingerprint density at radius 3 is 2.78 bits per heavy atom. The number of fused-ring (bicyclic) bond motifs is 1. The van der Waals surface area contributed by atoms with Gasteiger partial charge in [-0.05, 0) is 0 Å². The number of nitrogens with zero attached hydrogens (tertiary/aromatic N) is 4. The summed E-state index contributed by atoms with van der Waals surface area (Å²) in [5, 5.41) is 0. The highest BCUT2D eigenvalue weighted by Crippen LogP contribution is 2.13. The van der Waals surface area contributed by atoms with Crippen LogP contribution in [0.15, 0.2) is 28.2 Å². The van der Waals surface area contributed by atoms with Crippen LogP contribution in [0.2, 0.25) is 0 Å². The summed E-state index contributed by atoms with van der Waals surface area (Å²) in [4.78, 5) is 40.2. The van der Waals surface area contributed by atoms with Crippen molar-refractivity contribution < 1.29 is 0 Å². The van der Waals surface area contributed by atoms with Crippen molar-refractivity contribution in [2.75, 3.05) is 0 Å². The Morgan fingerprint density at radius 2 is 2.06 bits per heavy atom. The monoisotopic (exact) mass is 244 g/mol. The number of aryl methyl sites for hydroxylation is 1. The van der Waals surface area contributed by atoms with Gasteiger partial charge in [0, 0.05) is 19.4 Å². The Morgan fingerprint density at radius 1 is 1.22 bits per heavy atom. The molecule has 0 saturated carbocycles. The van der Waals surface area contributed by atoms with Crippen molar-refractivity contribution in [2.45, 2.75) is 0 Å². The molecule has 0 unspecified atom stereocenters. The number of imidazole rings is 1. The Hall–Kier alpha value is -2.77. The van der Waals surface area contributed by atoms with Gasteiger partial charge >= 0.3 is 5.69 Å². The lowest BCUT2D eigenvalue weighted by Crippen LogP contribution is -2.28. The van der Waals surface area contributed by atoms with Crippen LogP contribution in [0, 0.1) is 0 Å². The predicted octanol–water partition coefficient (Wildman–Crippen LogP) is -0.593. The molecule has 3 heterocycles. The number of hydrogen-bond donors (Lipinski definition) is 2. The van der Waals surface area contributed by atoms with Crippen LogP contribution in [0.4, 0.5) is 0 Å². The molecule has 0 aliphatic carbocycles. The number of aromatic amines is 2. The van der Waals surface area contributed by atoms with Gasteiger partial charge < -0.3 is 4.98 Å². The first-order chi connectivity index (χ1) is 8.66. The zero-order valence-corrected chi connectivity index (χ0v) is 9.34. The van der Waals surface area contributed by atoms with Gasteiger partial charge in [-0.2, -0.15) is 0 Å². The smallest absolute Gasteiger partial charge is 0.329 e. The van der Waals surface area contributed by atoms with E-state index in [1.54, 1.807) is 0 Å². The second-order valence-corrected chi connectivity index (χ2v) is 3.69. The zero-order valence-electron chi connectivity index (χ0n) is 9.34. The van der Waals surface area contributed by atoms with Crippen LogP contribution in [0.1, 0.15) is 0 Å². The van der Waals surface area contributed by atoms with E-state index in [1.807, 2.05) is 0 Å². The van der Waals surface area contributed by atoms with Crippen molar-refractivity contribution >= 4 is 11.2 Å². The predicted molar refractivity (Wildman–Crippen MR) is 63.0 cm³/mol. The molecular formula is C10H8N6O2. The van der Waals surface area contributed by atoms with E-state index >= 15 is 0 Å². The minimum atomic E-state index is -0.510. The number of rotatable bonds is 1. The highest BCUT2D eigenvalue weighted by atomic mass is 16.2. The largest absolute Gasteiger partial charge is 0.331 e. The molecular weight excluding hydrogens is 236 g/mol. The molecule has 90 valence electrons. The molecule has 0 aliphatic heterocycles. The molecule has 8 heteroatoms. The van der Waals surface area contributed by atoms with Gasteiger partial charge in [0.05, 0.1) is 6.20 Å². The molecule has 2 N–H and O–H groups in total. The van der Waals surface area contributed by atoms with E-state index in [1.165, 1.54) is 30.2 Å². The first-order valence-corrected chi connectivity index (χ1v) is 5.12. The number of aromatic nitrogens is 6. The van der Waals surface area contributed by atoms with Crippen LogP contribution in [0.3, 0.4) is 0 Å². The fraction of sp³-hybridized carbons (Fsp3) is 0.100. The lowest BCUT2D eigenvalue weighted by molar-refractivity contribution is 0.832.